The molecular weight excluding hydrogens is 590 g/mol. The van der Waals surface area contributed by atoms with Crippen LogP contribution < -0.4 is 10.6 Å². The molecule has 46 heavy (non-hydrogen) atoms. The van der Waals surface area contributed by atoms with Crippen molar-refractivity contribution >= 4 is 33.4 Å². The molecular formula is C33H36F2N10O. The van der Waals surface area contributed by atoms with Crippen LogP contribution in [0.25, 0.3) is 56.0 Å². The fraction of sp³-hybridized carbons (Fsp3) is 0.303. The maximum Gasteiger partial charge on any atom is 0.184 e. The third-order valence-electron chi connectivity index (χ3n) is 7.40. The molecule has 1 unspecified atom stereocenters. The van der Waals surface area contributed by atoms with Gasteiger partial charge in [-0.25, -0.2) is 18.7 Å². The summed E-state index contributed by atoms with van der Waals surface area (Å²) >= 11 is 0. The van der Waals surface area contributed by atoms with Crippen molar-refractivity contribution in [2.45, 2.75) is 33.4 Å². The Labute approximate surface area is 264 Å². The number of aliphatic hydroxyl groups excluding tert-OH is 1. The molecule has 0 saturated heterocycles. The number of pyridine rings is 3. The second kappa shape index (κ2) is 12.4. The predicted octanol–water partition coefficient (Wildman–Crippen LogP) is 6.04. The van der Waals surface area contributed by atoms with E-state index in [1.807, 2.05) is 45.8 Å². The number of likely N-dealkylation sites (N-methyl/N-ethyl adjacent to an activating group) is 1. The van der Waals surface area contributed by atoms with Gasteiger partial charge in [-0.05, 0) is 56.3 Å². The molecule has 0 aliphatic carbocycles. The number of nitrogens with one attached hydrogen (secondary N) is 4. The van der Waals surface area contributed by atoms with Gasteiger partial charge in [-0.3, -0.25) is 15.1 Å². The van der Waals surface area contributed by atoms with Gasteiger partial charge in [0.25, 0.3) is 0 Å². The molecule has 11 nitrogen and oxygen atoms in total. The van der Waals surface area contributed by atoms with E-state index in [9.17, 15) is 9.50 Å². The maximum absolute atomic E-state index is 16.3. The first-order valence-electron chi connectivity index (χ1n) is 14.9. The summed E-state index contributed by atoms with van der Waals surface area (Å²) in [6, 6.07) is 8.14. The fourth-order valence-corrected chi connectivity index (χ4v) is 5.33. The van der Waals surface area contributed by atoms with Crippen LogP contribution in [0.1, 0.15) is 27.2 Å². The van der Waals surface area contributed by atoms with Crippen molar-refractivity contribution in [2.24, 2.45) is 5.41 Å². The van der Waals surface area contributed by atoms with Gasteiger partial charge in [0.2, 0.25) is 0 Å². The molecule has 6 aromatic rings. The standard InChI is InChI=1S/C33H36F2N10O/c1-33(2,3)14-25(46)40-22-12-19(15-36-16-22)23-17-39-31-26(27(23)35)30(43-44-31)32-41-24-6-7-38-28(29(24)42-32)18-10-20(34)13-21(11-18)37-8-9-45(4)5/h6-7,10-13,15-17,25,37,40,46H,8-9,14H2,1-5H3,(H,41,42)(H,39,43,44). The van der Waals surface area contributed by atoms with Crippen LogP contribution in [0.3, 0.4) is 0 Å². The van der Waals surface area contributed by atoms with E-state index in [2.05, 4.69) is 40.8 Å². The summed E-state index contributed by atoms with van der Waals surface area (Å²) in [6.07, 6.45) is 5.85. The molecule has 13 heteroatoms. The van der Waals surface area contributed by atoms with E-state index in [1.165, 1.54) is 24.5 Å². The zero-order chi connectivity index (χ0) is 32.6. The molecule has 0 saturated carbocycles. The first kappa shape index (κ1) is 31.0. The molecule has 0 aliphatic heterocycles. The molecule has 1 atom stereocenters. The van der Waals surface area contributed by atoms with Gasteiger partial charge < -0.3 is 25.6 Å². The smallest absolute Gasteiger partial charge is 0.184 e. The molecule has 0 aliphatic rings. The number of nitrogens with zero attached hydrogens (tertiary/aromatic N) is 6. The average molecular weight is 627 g/mol. The summed E-state index contributed by atoms with van der Waals surface area (Å²) in [5.74, 6) is -0.637. The molecule has 5 heterocycles. The number of aliphatic hydroxyl groups is 1. The van der Waals surface area contributed by atoms with Gasteiger partial charge >= 0.3 is 0 Å². The average Bonchev–Trinajstić information content (AvgIpc) is 3.61. The third-order valence-corrected chi connectivity index (χ3v) is 7.40. The van der Waals surface area contributed by atoms with Crippen molar-refractivity contribution in [3.8, 4) is 33.9 Å². The Morgan fingerprint density at radius 1 is 1.00 bits per heavy atom. The first-order chi connectivity index (χ1) is 21.9. The minimum absolute atomic E-state index is 0.0904. The minimum atomic E-state index is -0.797. The Hall–Kier alpha value is -5.01. The highest BCUT2D eigenvalue weighted by Gasteiger charge is 2.22. The second-order valence-electron chi connectivity index (χ2n) is 12.8. The summed E-state index contributed by atoms with van der Waals surface area (Å²) in [6.45, 7) is 7.54. The number of rotatable bonds is 10. The normalized spacial score (nSPS) is 12.7. The molecule has 1 aromatic carbocycles. The van der Waals surface area contributed by atoms with E-state index in [-0.39, 0.29) is 22.0 Å². The Morgan fingerprint density at radius 3 is 2.59 bits per heavy atom. The van der Waals surface area contributed by atoms with Gasteiger partial charge in [0.05, 0.1) is 28.5 Å². The Bertz CT molecular complexity index is 2010. The Kier molecular flexibility index (Phi) is 8.36. The lowest BCUT2D eigenvalue weighted by molar-refractivity contribution is 0.145. The van der Waals surface area contributed by atoms with E-state index < -0.39 is 17.9 Å². The molecule has 0 amide bonds. The Morgan fingerprint density at radius 2 is 1.80 bits per heavy atom. The third kappa shape index (κ3) is 6.65. The monoisotopic (exact) mass is 626 g/mol. The number of aromatic amines is 2. The largest absolute Gasteiger partial charge is 0.384 e. The van der Waals surface area contributed by atoms with Gasteiger partial charge in [-0.1, -0.05) is 20.8 Å². The topological polar surface area (TPSA) is 144 Å². The highest BCUT2D eigenvalue weighted by atomic mass is 19.1. The summed E-state index contributed by atoms with van der Waals surface area (Å²) < 4.78 is 31.0. The van der Waals surface area contributed by atoms with Crippen LogP contribution in [-0.4, -0.2) is 78.5 Å². The maximum atomic E-state index is 16.3. The van der Waals surface area contributed by atoms with Gasteiger partial charge in [0.1, 0.15) is 29.1 Å². The van der Waals surface area contributed by atoms with Crippen molar-refractivity contribution in [3.05, 3.63) is 66.8 Å². The number of hydrogen-bond donors (Lipinski definition) is 5. The van der Waals surface area contributed by atoms with Crippen molar-refractivity contribution in [2.75, 3.05) is 37.8 Å². The van der Waals surface area contributed by atoms with Gasteiger partial charge in [0.15, 0.2) is 11.5 Å². The minimum Gasteiger partial charge on any atom is -0.384 e. The highest BCUT2D eigenvalue weighted by molar-refractivity contribution is 5.97. The van der Waals surface area contributed by atoms with E-state index in [1.54, 1.807) is 24.5 Å². The summed E-state index contributed by atoms with van der Waals surface area (Å²) in [5, 5.41) is 24.0. The number of anilines is 2. The summed E-state index contributed by atoms with van der Waals surface area (Å²) in [7, 11) is 3.94. The predicted molar refractivity (Wildman–Crippen MR) is 176 cm³/mol. The summed E-state index contributed by atoms with van der Waals surface area (Å²) in [5.41, 5.74) is 4.41. The van der Waals surface area contributed by atoms with Crippen LogP contribution in [0.4, 0.5) is 20.2 Å². The van der Waals surface area contributed by atoms with Crippen LogP contribution in [0.15, 0.2) is 55.1 Å². The molecule has 0 bridgehead atoms. The van der Waals surface area contributed by atoms with E-state index in [4.69, 9.17) is 4.98 Å². The lowest BCUT2D eigenvalue weighted by atomic mass is 9.91. The lowest BCUT2D eigenvalue weighted by Gasteiger charge is -2.23. The molecule has 5 aromatic heterocycles. The Balaban J connectivity index is 1.35. The molecule has 0 fully saturated rings. The number of fused-ring (bicyclic) bond motifs is 2. The van der Waals surface area contributed by atoms with Crippen LogP contribution >= 0.6 is 0 Å². The van der Waals surface area contributed by atoms with Crippen molar-refractivity contribution in [1.29, 1.82) is 0 Å². The number of benzene rings is 1. The molecule has 5 N–H and O–H groups in total. The zero-order valence-electron chi connectivity index (χ0n) is 26.3. The number of H-pyrrole nitrogens is 2. The van der Waals surface area contributed by atoms with E-state index >= 15 is 4.39 Å². The fourth-order valence-electron chi connectivity index (χ4n) is 5.33. The second-order valence-corrected chi connectivity index (χ2v) is 12.8. The molecule has 0 radical (unpaired) electrons. The number of halogens is 2. The van der Waals surface area contributed by atoms with Gasteiger partial charge in [-0.2, -0.15) is 5.10 Å². The number of imidazole rings is 1. The van der Waals surface area contributed by atoms with E-state index in [0.717, 1.165) is 6.54 Å². The number of hydrogen-bond acceptors (Lipinski definition) is 9. The quantitative estimate of drug-likeness (QED) is 0.115. The lowest BCUT2D eigenvalue weighted by Crippen LogP contribution is -2.25. The van der Waals surface area contributed by atoms with Crippen molar-refractivity contribution in [3.63, 3.8) is 0 Å². The van der Waals surface area contributed by atoms with Crippen LogP contribution in [0.5, 0.6) is 0 Å². The van der Waals surface area contributed by atoms with Crippen molar-refractivity contribution < 1.29 is 13.9 Å². The number of aromatic nitrogens is 7. The molecule has 0 spiro atoms. The first-order valence-corrected chi connectivity index (χ1v) is 14.9. The van der Waals surface area contributed by atoms with E-state index in [0.29, 0.717) is 63.7 Å². The van der Waals surface area contributed by atoms with Gasteiger partial charge in [0, 0.05) is 54.1 Å². The van der Waals surface area contributed by atoms with Crippen molar-refractivity contribution in [1.82, 2.24) is 40.0 Å². The SMILES string of the molecule is CN(C)CCNc1cc(F)cc(-c2nccc3[nH]c(-c4[nH]nc5ncc(-c6cncc(NC(O)CC(C)(C)C)c6)c(F)c45)nc23)c1. The zero-order valence-corrected chi connectivity index (χ0v) is 26.3. The van der Waals surface area contributed by atoms with Gasteiger partial charge in [-0.15, -0.1) is 0 Å². The summed E-state index contributed by atoms with van der Waals surface area (Å²) in [4.78, 5) is 23.2. The van der Waals surface area contributed by atoms with Crippen LogP contribution in [0, 0.1) is 17.0 Å². The van der Waals surface area contributed by atoms with Crippen LogP contribution in [0.2, 0.25) is 0 Å². The molecule has 238 valence electrons. The molecule has 6 rings (SSSR count). The highest BCUT2D eigenvalue weighted by Crippen LogP contribution is 2.35. The van der Waals surface area contributed by atoms with Crippen LogP contribution in [-0.2, 0) is 0 Å².